The number of nitrogens with zero attached hydrogens (tertiary/aromatic N) is 6. The average molecular weight is 1370 g/mol. The van der Waals surface area contributed by atoms with Gasteiger partial charge in [-0.1, -0.05) is 240 Å². The van der Waals surface area contributed by atoms with Crippen molar-refractivity contribution in [3.8, 4) is 90.0 Å². The molecule has 0 radical (unpaired) electrons. The number of aromatic nitrogens is 6. The molecular weight excluding hydrogens is 1300 g/mol. The second-order valence-corrected chi connectivity index (χ2v) is 28.8. The number of benzene rings is 10. The van der Waals surface area contributed by atoms with Crippen molar-refractivity contribution in [3.63, 3.8) is 0 Å². The van der Waals surface area contributed by atoms with Crippen molar-refractivity contribution in [1.82, 2.24) is 29.1 Å². The molecule has 2 aliphatic carbocycles. The lowest BCUT2D eigenvalue weighted by Gasteiger charge is -2.32. The number of hydrogen-bond acceptors (Lipinski definition) is 8. The minimum absolute atomic E-state index is 0.211. The smallest absolute Gasteiger partial charge is 0.454 e. The van der Waals surface area contributed by atoms with Gasteiger partial charge in [0.1, 0.15) is 22.2 Å². The summed E-state index contributed by atoms with van der Waals surface area (Å²) in [4.78, 5) is 19.1. The molecule has 6 aromatic heterocycles. The van der Waals surface area contributed by atoms with Gasteiger partial charge in [-0.3, -0.25) is 0 Å². The van der Waals surface area contributed by atoms with Crippen molar-refractivity contribution in [1.29, 1.82) is 0 Å². The molecule has 0 amide bonds. The number of fused-ring (bicyclic) bond motifs is 14. The van der Waals surface area contributed by atoms with Gasteiger partial charge in [0.15, 0.2) is 21.7 Å². The van der Waals surface area contributed by atoms with Crippen molar-refractivity contribution in [2.75, 3.05) is 0 Å². The molecule has 1 aliphatic heterocycles. The van der Waals surface area contributed by atoms with Crippen LogP contribution in [0.4, 0.5) is 0 Å². The first-order valence-corrected chi connectivity index (χ1v) is 34.8. The van der Waals surface area contributed by atoms with Gasteiger partial charge in [-0.05, 0) is 138 Å². The maximum Gasteiger partial charge on any atom is 0.494 e. The fourth-order valence-electron chi connectivity index (χ4n) is 15.0. The monoisotopic (exact) mass is 1360 g/mol. The molecule has 0 N–H and O–H groups in total. The zero-order valence-corrected chi connectivity index (χ0v) is 58.4. The first-order chi connectivity index (χ1) is 48.5. The quantitative estimate of drug-likeness (QED) is 0.109. The Morgan fingerprint density at radius 3 is 1.11 bits per heavy atom. The van der Waals surface area contributed by atoms with E-state index in [1.165, 1.54) is 39.2 Å². The molecule has 10 nitrogen and oxygen atoms in total. The van der Waals surface area contributed by atoms with Crippen LogP contribution >= 0.6 is 15.9 Å². The SMILES string of the molecule is Brc1nc(-c2ccccc2)cc(-c2ccccc2)n1.CC1(C)c2ccc(-c3nc(-c4ccccc4)cc(-c4ccccc4)n3)cc2-c2c1n(-c1ccccc1)c1c2oc2ccccc21.CC1(C)c2ccc(B3OC(C)(C)C(C)(C)O3)cc2-c2c1n(-c1ccccc1)c1c2oc2ccccc21. The van der Waals surface area contributed by atoms with E-state index in [1.807, 2.05) is 115 Å². The fourth-order valence-corrected chi connectivity index (χ4v) is 15.4. The Balaban J connectivity index is 0.000000121. The van der Waals surface area contributed by atoms with Gasteiger partial charge in [0, 0.05) is 83.3 Å². The highest BCUT2D eigenvalue weighted by Gasteiger charge is 2.53. The van der Waals surface area contributed by atoms with Gasteiger partial charge in [-0.2, -0.15) is 0 Å². The third-order valence-electron chi connectivity index (χ3n) is 20.6. The Hall–Kier alpha value is -11.0. The summed E-state index contributed by atoms with van der Waals surface area (Å²) in [7, 11) is -0.408. The third-order valence-corrected chi connectivity index (χ3v) is 21.0. The summed E-state index contributed by atoms with van der Waals surface area (Å²) >= 11 is 3.39. The molecule has 0 saturated carbocycles. The maximum atomic E-state index is 6.70. The van der Waals surface area contributed by atoms with E-state index in [9.17, 15) is 0 Å². The zero-order chi connectivity index (χ0) is 68.2. The standard InChI is InChI=1S/C41H29N3O.C31H30BNO3.C16H11BrN2/c1-41(2)32-23-22-28(40-42-33(26-14-6-3-7-15-26)25-34(43-40)27-16-8-4-9-17-27)24-31(32)36-38-37(30-20-12-13-21-35(30)45-38)44(39(36)41)29-18-10-5-11-19-29;1-29(2)23-17-16-19(32-35-30(3,4)31(5,6)36-32)18-22(23)25-27-26(21-14-10-11-15-24(21)34-27)33(28(25)29)20-12-8-7-9-13-20;17-16-18-14(12-7-3-1-4-8-12)11-15(19-16)13-9-5-2-6-10-13/h3-25H,1-2H3;7-18H,1-6H3;1-11H. The molecule has 1 saturated heterocycles. The van der Waals surface area contributed by atoms with E-state index in [0.29, 0.717) is 10.6 Å². The summed E-state index contributed by atoms with van der Waals surface area (Å²) in [6.07, 6.45) is 0. The highest BCUT2D eigenvalue weighted by Crippen LogP contribution is 2.58. The van der Waals surface area contributed by atoms with Gasteiger partial charge in [-0.15, -0.1) is 0 Å². The minimum atomic E-state index is -0.408. The maximum absolute atomic E-state index is 6.70. The van der Waals surface area contributed by atoms with Crippen LogP contribution in [0.15, 0.2) is 293 Å². The molecule has 19 rings (SSSR count). The van der Waals surface area contributed by atoms with Gasteiger partial charge in [0.05, 0.1) is 34.0 Å². The van der Waals surface area contributed by atoms with Crippen LogP contribution in [0.1, 0.15) is 77.9 Å². The molecule has 0 unspecified atom stereocenters. The Morgan fingerprint density at radius 1 is 0.350 bits per heavy atom. The van der Waals surface area contributed by atoms with Gasteiger partial charge in [-0.25, -0.2) is 19.9 Å². The lowest BCUT2D eigenvalue weighted by atomic mass is 9.76. The van der Waals surface area contributed by atoms with Gasteiger partial charge in [0.25, 0.3) is 0 Å². The lowest BCUT2D eigenvalue weighted by molar-refractivity contribution is 0.00578. The Labute approximate surface area is 589 Å². The summed E-state index contributed by atoms with van der Waals surface area (Å²) in [6.45, 7) is 17.6. The van der Waals surface area contributed by atoms with Crippen molar-refractivity contribution in [3.05, 3.63) is 306 Å². The minimum Gasteiger partial charge on any atom is -0.454 e. The van der Waals surface area contributed by atoms with Gasteiger partial charge in [0.2, 0.25) is 0 Å². The predicted octanol–water partition coefficient (Wildman–Crippen LogP) is 22.0. The molecule has 486 valence electrons. The molecular formula is C88H70BBrN6O4. The Kier molecular flexibility index (Phi) is 15.1. The molecule has 1 fully saturated rings. The van der Waals surface area contributed by atoms with Crippen molar-refractivity contribution in [2.24, 2.45) is 0 Å². The van der Waals surface area contributed by atoms with Crippen LogP contribution < -0.4 is 5.46 Å². The van der Waals surface area contributed by atoms with Gasteiger partial charge >= 0.3 is 7.12 Å². The number of furan rings is 2. The Morgan fingerprint density at radius 2 is 0.700 bits per heavy atom. The zero-order valence-electron chi connectivity index (χ0n) is 56.8. The van der Waals surface area contributed by atoms with Crippen molar-refractivity contribution in [2.45, 2.75) is 77.4 Å². The van der Waals surface area contributed by atoms with E-state index < -0.39 is 7.12 Å². The topological polar surface area (TPSA) is 106 Å². The first-order valence-electron chi connectivity index (χ1n) is 34.1. The van der Waals surface area contributed by atoms with Crippen LogP contribution in [-0.2, 0) is 20.1 Å². The summed E-state index contributed by atoms with van der Waals surface area (Å²) in [5.74, 6) is 0.701. The van der Waals surface area contributed by atoms with Crippen LogP contribution in [0.25, 0.3) is 134 Å². The van der Waals surface area contributed by atoms with E-state index in [-0.39, 0.29) is 22.0 Å². The number of halogens is 1. The average Bonchev–Trinajstić information content (AvgIpc) is 1.53. The normalized spacial score (nSPS) is 14.9. The van der Waals surface area contributed by atoms with E-state index in [4.69, 9.17) is 28.1 Å². The molecule has 0 spiro atoms. The van der Waals surface area contributed by atoms with Crippen LogP contribution in [0, 0.1) is 0 Å². The number of para-hydroxylation sites is 4. The van der Waals surface area contributed by atoms with Crippen LogP contribution in [0.5, 0.6) is 0 Å². The van der Waals surface area contributed by atoms with Crippen LogP contribution in [0.2, 0.25) is 0 Å². The predicted molar refractivity (Wildman–Crippen MR) is 409 cm³/mol. The summed E-state index contributed by atoms with van der Waals surface area (Å²) < 4.78 is 31.5. The van der Waals surface area contributed by atoms with E-state index >= 15 is 0 Å². The molecule has 3 aliphatic rings. The second-order valence-electron chi connectivity index (χ2n) is 28.1. The van der Waals surface area contributed by atoms with Crippen LogP contribution in [-0.4, -0.2) is 47.4 Å². The molecule has 100 heavy (non-hydrogen) atoms. The number of rotatable bonds is 8. The lowest BCUT2D eigenvalue weighted by Crippen LogP contribution is -2.41. The van der Waals surface area contributed by atoms with E-state index in [0.717, 1.165) is 117 Å². The summed E-state index contributed by atoms with van der Waals surface area (Å²) in [5, 5.41) is 2.25. The molecule has 10 aromatic carbocycles. The van der Waals surface area contributed by atoms with E-state index in [2.05, 4.69) is 254 Å². The highest BCUT2D eigenvalue weighted by atomic mass is 79.9. The van der Waals surface area contributed by atoms with Crippen molar-refractivity contribution >= 4 is 72.6 Å². The summed E-state index contributed by atoms with van der Waals surface area (Å²) in [5.41, 5.74) is 26.6. The molecule has 16 aromatic rings. The van der Waals surface area contributed by atoms with Gasteiger partial charge < -0.3 is 27.3 Å². The summed E-state index contributed by atoms with van der Waals surface area (Å²) in [6, 6.07) is 96.3. The molecule has 0 atom stereocenters. The highest BCUT2D eigenvalue weighted by molar-refractivity contribution is 9.10. The van der Waals surface area contributed by atoms with E-state index in [1.54, 1.807) is 0 Å². The largest absolute Gasteiger partial charge is 0.494 e. The molecule has 7 heterocycles. The third kappa shape index (κ3) is 10.5. The number of hydrogen-bond donors (Lipinski definition) is 0. The van der Waals surface area contributed by atoms with Crippen molar-refractivity contribution < 1.29 is 18.1 Å². The molecule has 12 heteroatoms. The fraction of sp³-hybridized carbons (Fsp3) is 0.136. The molecule has 0 bridgehead atoms. The Bertz CT molecular complexity index is 5680. The second kappa shape index (κ2) is 24.2. The van der Waals surface area contributed by atoms with Crippen LogP contribution in [0.3, 0.4) is 0 Å². The first kappa shape index (κ1) is 62.5.